The third kappa shape index (κ3) is 4.97. The highest BCUT2D eigenvalue weighted by atomic mass is 32.1. The van der Waals surface area contributed by atoms with Crippen molar-refractivity contribution < 1.29 is 9.18 Å². The third-order valence-electron chi connectivity index (χ3n) is 3.39. The van der Waals surface area contributed by atoms with Crippen LogP contribution < -0.4 is 0 Å². The second-order valence-corrected chi connectivity index (χ2v) is 6.00. The minimum absolute atomic E-state index is 0.137. The van der Waals surface area contributed by atoms with Crippen LogP contribution in [0, 0.1) is 5.82 Å². The zero-order chi connectivity index (χ0) is 15.1. The topological polar surface area (TPSA) is 20.3 Å². The number of carbonyl (C=O) groups excluding carboxylic acids is 1. The fraction of sp³-hybridized carbons (Fsp3) is 0.353. The largest absolute Gasteiger partial charge is 0.339 e. The zero-order valence-corrected chi connectivity index (χ0v) is 13.0. The van der Waals surface area contributed by atoms with E-state index in [1.54, 1.807) is 22.3 Å². The number of aryl methyl sites for hydroxylation is 1. The number of benzene rings is 1. The number of nitrogens with zero attached hydrogens (tertiary/aromatic N) is 1. The lowest BCUT2D eigenvalue weighted by Gasteiger charge is -2.21. The smallest absolute Gasteiger partial charge is 0.222 e. The molecule has 2 rings (SSSR count). The molecule has 0 aliphatic heterocycles. The van der Waals surface area contributed by atoms with Gasteiger partial charge in [-0.15, -0.1) is 11.3 Å². The van der Waals surface area contributed by atoms with Gasteiger partial charge in [-0.1, -0.05) is 18.2 Å². The van der Waals surface area contributed by atoms with Crippen molar-refractivity contribution in [3.63, 3.8) is 0 Å². The quantitative estimate of drug-likeness (QED) is 0.748. The minimum atomic E-state index is -0.256. The number of halogens is 1. The van der Waals surface area contributed by atoms with Gasteiger partial charge < -0.3 is 4.90 Å². The number of hydrogen-bond acceptors (Lipinski definition) is 2. The predicted octanol–water partition coefficient (Wildman–Crippen LogP) is 4.26. The van der Waals surface area contributed by atoms with Crippen molar-refractivity contribution >= 4 is 17.2 Å². The summed E-state index contributed by atoms with van der Waals surface area (Å²) in [5.41, 5.74) is 0.837. The minimum Gasteiger partial charge on any atom is -0.339 e. The third-order valence-corrected chi connectivity index (χ3v) is 4.33. The molecule has 0 unspecified atom stereocenters. The number of carbonyl (C=O) groups is 1. The summed E-state index contributed by atoms with van der Waals surface area (Å²) in [6, 6.07) is 10.6. The Morgan fingerprint density at radius 1 is 1.29 bits per heavy atom. The van der Waals surface area contributed by atoms with E-state index in [2.05, 4.69) is 11.4 Å². The molecule has 1 heterocycles. The van der Waals surface area contributed by atoms with E-state index in [-0.39, 0.29) is 11.7 Å². The van der Waals surface area contributed by atoms with Crippen molar-refractivity contribution in [1.82, 2.24) is 4.90 Å². The SMILES string of the molecule is CCN(Cc1cccc(F)c1)C(=O)CCCc1cccs1. The summed E-state index contributed by atoms with van der Waals surface area (Å²) in [6.07, 6.45) is 2.35. The molecule has 1 amide bonds. The Hall–Kier alpha value is -1.68. The molecule has 112 valence electrons. The molecule has 0 saturated heterocycles. The van der Waals surface area contributed by atoms with Gasteiger partial charge in [-0.05, 0) is 48.9 Å². The molecule has 0 spiro atoms. The fourth-order valence-corrected chi connectivity index (χ4v) is 3.01. The first-order chi connectivity index (χ1) is 10.2. The van der Waals surface area contributed by atoms with Gasteiger partial charge in [0.15, 0.2) is 0 Å². The first kappa shape index (κ1) is 15.7. The molecule has 0 saturated carbocycles. The molecule has 1 aromatic carbocycles. The van der Waals surface area contributed by atoms with Crippen LogP contribution in [0.2, 0.25) is 0 Å². The van der Waals surface area contributed by atoms with Gasteiger partial charge >= 0.3 is 0 Å². The van der Waals surface area contributed by atoms with Gasteiger partial charge in [-0.3, -0.25) is 4.79 Å². The summed E-state index contributed by atoms with van der Waals surface area (Å²) in [6.45, 7) is 3.08. The van der Waals surface area contributed by atoms with E-state index in [4.69, 9.17) is 0 Å². The Balaban J connectivity index is 1.83. The predicted molar refractivity (Wildman–Crippen MR) is 84.7 cm³/mol. The second-order valence-electron chi connectivity index (χ2n) is 4.97. The molecule has 4 heteroatoms. The number of thiophene rings is 1. The molecule has 2 aromatic rings. The summed E-state index contributed by atoms with van der Waals surface area (Å²) in [5, 5.41) is 2.06. The average Bonchev–Trinajstić information content (AvgIpc) is 2.98. The summed E-state index contributed by atoms with van der Waals surface area (Å²) in [4.78, 5) is 15.3. The van der Waals surface area contributed by atoms with Crippen molar-refractivity contribution in [2.45, 2.75) is 32.7 Å². The highest BCUT2D eigenvalue weighted by Gasteiger charge is 2.12. The molecule has 0 aliphatic carbocycles. The van der Waals surface area contributed by atoms with Gasteiger partial charge in [0.05, 0.1) is 0 Å². The lowest BCUT2D eigenvalue weighted by atomic mass is 10.1. The summed E-state index contributed by atoms with van der Waals surface area (Å²) in [7, 11) is 0. The van der Waals surface area contributed by atoms with E-state index >= 15 is 0 Å². The van der Waals surface area contributed by atoms with Crippen LogP contribution in [0.4, 0.5) is 4.39 Å². The molecule has 21 heavy (non-hydrogen) atoms. The van der Waals surface area contributed by atoms with Crippen LogP contribution in [0.15, 0.2) is 41.8 Å². The van der Waals surface area contributed by atoms with Crippen LogP contribution in [0.5, 0.6) is 0 Å². The first-order valence-electron chi connectivity index (χ1n) is 7.23. The van der Waals surface area contributed by atoms with E-state index in [1.807, 2.05) is 19.1 Å². The molecule has 2 nitrogen and oxygen atoms in total. The molecule has 0 radical (unpaired) electrons. The van der Waals surface area contributed by atoms with Crippen LogP contribution in [-0.4, -0.2) is 17.4 Å². The maximum Gasteiger partial charge on any atom is 0.222 e. The standard InChI is InChI=1S/C17H20FNOS/c1-2-19(13-14-6-3-7-15(18)12-14)17(20)10-4-8-16-9-5-11-21-16/h3,5-7,9,11-12H,2,4,8,10,13H2,1H3. The van der Waals surface area contributed by atoms with Crippen LogP contribution in [0.3, 0.4) is 0 Å². The van der Waals surface area contributed by atoms with E-state index in [1.165, 1.54) is 17.0 Å². The molecule has 0 aliphatic rings. The highest BCUT2D eigenvalue weighted by molar-refractivity contribution is 7.09. The van der Waals surface area contributed by atoms with Gasteiger partial charge in [0.2, 0.25) is 5.91 Å². The number of rotatable bonds is 7. The highest BCUT2D eigenvalue weighted by Crippen LogP contribution is 2.14. The van der Waals surface area contributed by atoms with E-state index in [9.17, 15) is 9.18 Å². The molecular weight excluding hydrogens is 285 g/mol. The lowest BCUT2D eigenvalue weighted by molar-refractivity contribution is -0.131. The fourth-order valence-electron chi connectivity index (χ4n) is 2.26. The summed E-state index contributed by atoms with van der Waals surface area (Å²) >= 11 is 1.73. The molecule has 0 bridgehead atoms. The van der Waals surface area contributed by atoms with E-state index in [0.717, 1.165) is 18.4 Å². The number of amides is 1. The van der Waals surface area contributed by atoms with Gasteiger partial charge in [0, 0.05) is 24.4 Å². The summed E-state index contributed by atoms with van der Waals surface area (Å²) < 4.78 is 13.2. The van der Waals surface area contributed by atoms with Gasteiger partial charge in [0.25, 0.3) is 0 Å². The van der Waals surface area contributed by atoms with Crippen LogP contribution in [-0.2, 0) is 17.8 Å². The van der Waals surface area contributed by atoms with Gasteiger partial charge in [-0.25, -0.2) is 4.39 Å². The van der Waals surface area contributed by atoms with Crippen molar-refractivity contribution in [3.8, 4) is 0 Å². The zero-order valence-electron chi connectivity index (χ0n) is 12.2. The van der Waals surface area contributed by atoms with E-state index < -0.39 is 0 Å². The summed E-state index contributed by atoms with van der Waals surface area (Å²) in [5.74, 6) is -0.119. The van der Waals surface area contributed by atoms with Crippen LogP contribution in [0.25, 0.3) is 0 Å². The van der Waals surface area contributed by atoms with Crippen molar-refractivity contribution in [3.05, 3.63) is 58.0 Å². The normalized spacial score (nSPS) is 10.6. The monoisotopic (exact) mass is 305 g/mol. The molecule has 0 N–H and O–H groups in total. The lowest BCUT2D eigenvalue weighted by Crippen LogP contribution is -2.30. The van der Waals surface area contributed by atoms with Crippen LogP contribution in [0.1, 0.15) is 30.2 Å². The Bertz CT molecular complexity index is 568. The van der Waals surface area contributed by atoms with E-state index in [0.29, 0.717) is 19.5 Å². The van der Waals surface area contributed by atoms with Crippen molar-refractivity contribution in [1.29, 1.82) is 0 Å². The number of hydrogen-bond donors (Lipinski definition) is 0. The van der Waals surface area contributed by atoms with Crippen molar-refractivity contribution in [2.75, 3.05) is 6.54 Å². The molecule has 1 aromatic heterocycles. The van der Waals surface area contributed by atoms with Crippen molar-refractivity contribution in [2.24, 2.45) is 0 Å². The Morgan fingerprint density at radius 2 is 2.14 bits per heavy atom. The Morgan fingerprint density at radius 3 is 2.81 bits per heavy atom. The molecular formula is C17H20FNOS. The van der Waals surface area contributed by atoms with Crippen LogP contribution >= 0.6 is 11.3 Å². The second kappa shape index (κ2) is 7.93. The van der Waals surface area contributed by atoms with Gasteiger partial charge in [-0.2, -0.15) is 0 Å². The molecule has 0 atom stereocenters. The van der Waals surface area contributed by atoms with Gasteiger partial charge in [0.1, 0.15) is 5.82 Å². The average molecular weight is 305 g/mol. The maximum absolute atomic E-state index is 13.2. The molecule has 0 fully saturated rings. The Kier molecular flexibility index (Phi) is 5.93. The first-order valence-corrected chi connectivity index (χ1v) is 8.11. The maximum atomic E-state index is 13.2. The Labute approximate surface area is 129 Å².